The average Bonchev–Trinajstić information content (AvgIpc) is 2.93. The molecule has 1 aromatic heterocycles. The van der Waals surface area contributed by atoms with Crippen molar-refractivity contribution in [2.75, 3.05) is 19.6 Å². The Bertz CT molecular complexity index is 764. The molecule has 1 aromatic carbocycles. The van der Waals surface area contributed by atoms with E-state index in [1.165, 1.54) is 0 Å². The summed E-state index contributed by atoms with van der Waals surface area (Å²) in [5.41, 5.74) is 1.05. The van der Waals surface area contributed by atoms with Crippen molar-refractivity contribution >= 4 is 17.5 Å². The molecule has 2 heterocycles. The topological polar surface area (TPSA) is 83.1 Å². The quantitative estimate of drug-likeness (QED) is 0.805. The molecule has 1 aliphatic rings. The Labute approximate surface area is 158 Å². The minimum atomic E-state index is -0.00970. The van der Waals surface area contributed by atoms with Crippen molar-refractivity contribution in [2.24, 2.45) is 0 Å². The lowest BCUT2D eigenvalue weighted by Crippen LogP contribution is -2.41. The van der Waals surface area contributed by atoms with Crippen molar-refractivity contribution in [3.05, 3.63) is 40.4 Å². The van der Waals surface area contributed by atoms with Gasteiger partial charge in [-0.3, -0.25) is 14.8 Å². The maximum atomic E-state index is 12.3. The van der Waals surface area contributed by atoms with Gasteiger partial charge in [-0.2, -0.15) is 5.10 Å². The van der Waals surface area contributed by atoms with Gasteiger partial charge in [-0.05, 0) is 25.5 Å². The van der Waals surface area contributed by atoms with E-state index < -0.39 is 0 Å². The molecular weight excluding hydrogens is 354 g/mol. The van der Waals surface area contributed by atoms with Gasteiger partial charge >= 0.3 is 0 Å². The number of fused-ring (bicyclic) bond motifs is 1. The zero-order valence-electron chi connectivity index (χ0n) is 15.1. The molecule has 0 spiro atoms. The van der Waals surface area contributed by atoms with E-state index in [1.54, 1.807) is 0 Å². The highest BCUT2D eigenvalue weighted by atomic mass is 35.5. The van der Waals surface area contributed by atoms with Crippen LogP contribution in [-0.4, -0.2) is 51.7 Å². The number of carbonyl (C=O) groups excluding carboxylic acids is 1. The van der Waals surface area contributed by atoms with Crippen LogP contribution in [0.2, 0.25) is 5.02 Å². The van der Waals surface area contributed by atoms with Crippen LogP contribution in [0.3, 0.4) is 0 Å². The largest absolute Gasteiger partial charge is 0.489 e. The number of rotatable bonds is 6. The van der Waals surface area contributed by atoms with Crippen LogP contribution in [0.4, 0.5) is 0 Å². The number of amides is 1. The number of ether oxygens (including phenoxy) is 1. The van der Waals surface area contributed by atoms with Crippen molar-refractivity contribution < 1.29 is 9.53 Å². The highest BCUT2D eigenvalue weighted by Gasteiger charge is 2.23. The fraction of sp³-hybridized carbons (Fsp3) is 0.500. The maximum absolute atomic E-state index is 12.3. The van der Waals surface area contributed by atoms with E-state index in [4.69, 9.17) is 16.3 Å². The first kappa shape index (κ1) is 18.7. The Hall–Kier alpha value is -2.12. The molecule has 1 amide bonds. The Morgan fingerprint density at radius 2 is 2.35 bits per heavy atom. The van der Waals surface area contributed by atoms with Gasteiger partial charge in [-0.1, -0.05) is 24.6 Å². The molecule has 26 heavy (non-hydrogen) atoms. The zero-order valence-corrected chi connectivity index (χ0v) is 15.8. The number of hydrogen-bond donors (Lipinski definition) is 2. The average molecular weight is 378 g/mol. The van der Waals surface area contributed by atoms with Crippen molar-refractivity contribution in [2.45, 2.75) is 39.3 Å². The highest BCUT2D eigenvalue weighted by molar-refractivity contribution is 6.30. The molecule has 1 atom stereocenters. The molecule has 0 radical (unpaired) electrons. The van der Waals surface area contributed by atoms with Gasteiger partial charge in [0.15, 0.2) is 5.82 Å². The van der Waals surface area contributed by atoms with Crippen LogP contribution >= 0.6 is 11.6 Å². The second-order valence-corrected chi connectivity index (χ2v) is 6.94. The SMILES string of the molecule is CCC1CN(CC(=O)NCCc2n[nH]c(C)n2)Cc2ccc(Cl)cc2O1. The van der Waals surface area contributed by atoms with Gasteiger partial charge in [0, 0.05) is 36.6 Å². The van der Waals surface area contributed by atoms with E-state index in [0.29, 0.717) is 43.4 Å². The molecule has 0 saturated heterocycles. The summed E-state index contributed by atoms with van der Waals surface area (Å²) < 4.78 is 6.06. The number of hydrogen-bond acceptors (Lipinski definition) is 5. The zero-order chi connectivity index (χ0) is 18.5. The third kappa shape index (κ3) is 4.95. The predicted molar refractivity (Wildman–Crippen MR) is 99.3 cm³/mol. The standard InChI is InChI=1S/C18H24ClN5O2/c1-3-15-10-24(9-13-4-5-14(19)8-16(13)26-15)11-18(25)20-7-6-17-21-12(2)22-23-17/h4-5,8,15H,3,6-7,9-11H2,1-2H3,(H,20,25)(H,21,22,23). The third-order valence-corrected chi connectivity index (χ3v) is 4.55. The molecule has 2 N–H and O–H groups in total. The number of nitrogens with zero attached hydrogens (tertiary/aromatic N) is 3. The minimum Gasteiger partial charge on any atom is -0.489 e. The van der Waals surface area contributed by atoms with Gasteiger partial charge < -0.3 is 10.1 Å². The summed E-state index contributed by atoms with van der Waals surface area (Å²) in [6.45, 7) is 6.15. The van der Waals surface area contributed by atoms with Crippen LogP contribution in [0.15, 0.2) is 18.2 Å². The lowest BCUT2D eigenvalue weighted by molar-refractivity contribution is -0.122. The Morgan fingerprint density at radius 3 is 3.08 bits per heavy atom. The minimum absolute atomic E-state index is 0.00970. The summed E-state index contributed by atoms with van der Waals surface area (Å²) in [7, 11) is 0. The van der Waals surface area contributed by atoms with E-state index in [9.17, 15) is 4.79 Å². The summed E-state index contributed by atoms with van der Waals surface area (Å²) in [5.74, 6) is 2.29. The summed E-state index contributed by atoms with van der Waals surface area (Å²) in [5, 5.41) is 10.5. The van der Waals surface area contributed by atoms with Gasteiger partial charge in [-0.15, -0.1) is 0 Å². The van der Waals surface area contributed by atoms with Crippen LogP contribution in [0.1, 0.15) is 30.6 Å². The number of aryl methyl sites for hydroxylation is 1. The Balaban J connectivity index is 1.55. The first-order valence-corrected chi connectivity index (χ1v) is 9.23. The van der Waals surface area contributed by atoms with Crippen molar-refractivity contribution in [1.82, 2.24) is 25.4 Å². The van der Waals surface area contributed by atoms with E-state index in [-0.39, 0.29) is 12.0 Å². The molecule has 3 rings (SSSR count). The van der Waals surface area contributed by atoms with Gasteiger partial charge in [0.2, 0.25) is 5.91 Å². The fourth-order valence-electron chi connectivity index (χ4n) is 2.99. The number of aromatic nitrogens is 3. The van der Waals surface area contributed by atoms with Gasteiger partial charge in [0.05, 0.1) is 6.54 Å². The smallest absolute Gasteiger partial charge is 0.234 e. The number of carbonyl (C=O) groups is 1. The second-order valence-electron chi connectivity index (χ2n) is 6.51. The Kier molecular flexibility index (Phi) is 6.11. The second kappa shape index (κ2) is 8.51. The molecule has 0 fully saturated rings. The normalized spacial score (nSPS) is 17.3. The summed E-state index contributed by atoms with van der Waals surface area (Å²) in [6.07, 6.45) is 1.52. The molecule has 140 valence electrons. The van der Waals surface area contributed by atoms with E-state index >= 15 is 0 Å². The van der Waals surface area contributed by atoms with Crippen LogP contribution in [0.25, 0.3) is 0 Å². The van der Waals surface area contributed by atoms with Gasteiger partial charge in [0.25, 0.3) is 0 Å². The fourth-order valence-corrected chi connectivity index (χ4v) is 3.15. The first-order chi connectivity index (χ1) is 12.5. The summed E-state index contributed by atoms with van der Waals surface area (Å²) >= 11 is 6.08. The van der Waals surface area contributed by atoms with Crippen LogP contribution < -0.4 is 10.1 Å². The molecular formula is C18H24ClN5O2. The van der Waals surface area contributed by atoms with E-state index in [2.05, 4.69) is 32.3 Å². The molecule has 8 heteroatoms. The van der Waals surface area contributed by atoms with Crippen molar-refractivity contribution in [3.8, 4) is 5.75 Å². The number of H-pyrrole nitrogens is 1. The molecule has 7 nitrogen and oxygen atoms in total. The molecule has 1 aliphatic heterocycles. The number of nitrogens with one attached hydrogen (secondary N) is 2. The van der Waals surface area contributed by atoms with Crippen LogP contribution in [0, 0.1) is 6.92 Å². The van der Waals surface area contributed by atoms with Gasteiger partial charge in [-0.25, -0.2) is 4.98 Å². The number of halogens is 1. The molecule has 0 saturated carbocycles. The lowest BCUT2D eigenvalue weighted by Gasteiger charge is -2.22. The van der Waals surface area contributed by atoms with E-state index in [1.807, 2.05) is 25.1 Å². The summed E-state index contributed by atoms with van der Waals surface area (Å²) in [4.78, 5) is 18.7. The highest BCUT2D eigenvalue weighted by Crippen LogP contribution is 2.28. The monoisotopic (exact) mass is 377 g/mol. The molecule has 1 unspecified atom stereocenters. The first-order valence-electron chi connectivity index (χ1n) is 8.85. The Morgan fingerprint density at radius 1 is 1.50 bits per heavy atom. The number of benzene rings is 1. The third-order valence-electron chi connectivity index (χ3n) is 4.32. The summed E-state index contributed by atoms with van der Waals surface area (Å²) in [6, 6.07) is 5.67. The van der Waals surface area contributed by atoms with Crippen LogP contribution in [0.5, 0.6) is 5.75 Å². The van der Waals surface area contributed by atoms with E-state index in [0.717, 1.165) is 23.6 Å². The predicted octanol–water partition coefficient (Wildman–Crippen LogP) is 2.10. The van der Waals surface area contributed by atoms with Crippen molar-refractivity contribution in [3.63, 3.8) is 0 Å². The van der Waals surface area contributed by atoms with Crippen molar-refractivity contribution in [1.29, 1.82) is 0 Å². The van der Waals surface area contributed by atoms with Gasteiger partial charge in [0.1, 0.15) is 17.7 Å². The molecule has 0 aliphatic carbocycles. The molecule has 0 bridgehead atoms. The molecule has 2 aromatic rings. The maximum Gasteiger partial charge on any atom is 0.234 e. The van der Waals surface area contributed by atoms with Crippen LogP contribution in [-0.2, 0) is 17.8 Å². The number of aromatic amines is 1. The lowest BCUT2D eigenvalue weighted by atomic mass is 10.2.